The first-order valence-electron chi connectivity index (χ1n) is 10.2. The van der Waals surface area contributed by atoms with Crippen molar-refractivity contribution >= 4 is 17.4 Å². The van der Waals surface area contributed by atoms with E-state index in [1.54, 1.807) is 18.3 Å². The van der Waals surface area contributed by atoms with E-state index < -0.39 is 0 Å². The molecule has 1 aromatic heterocycles. The van der Waals surface area contributed by atoms with E-state index in [9.17, 15) is 9.18 Å². The average Bonchev–Trinajstić information content (AvgIpc) is 2.76. The SMILES string of the molecule is Cc1ccc(NC(=O)C2CCCN(c3ccnc(-c4cccc(F)c4)n3)C2)c(C)c1. The molecule has 1 N–H and O–H groups in total. The summed E-state index contributed by atoms with van der Waals surface area (Å²) in [5, 5.41) is 3.08. The molecular formula is C24H25FN4O. The van der Waals surface area contributed by atoms with E-state index in [2.05, 4.69) is 26.3 Å². The molecule has 1 fully saturated rings. The van der Waals surface area contributed by atoms with Crippen LogP contribution in [-0.2, 0) is 4.79 Å². The molecule has 4 rings (SSSR count). The van der Waals surface area contributed by atoms with Crippen molar-refractivity contribution in [3.8, 4) is 11.4 Å². The van der Waals surface area contributed by atoms with E-state index in [1.165, 1.54) is 17.7 Å². The minimum Gasteiger partial charge on any atom is -0.356 e. The van der Waals surface area contributed by atoms with Crippen molar-refractivity contribution in [2.45, 2.75) is 26.7 Å². The summed E-state index contributed by atoms with van der Waals surface area (Å²) in [5.74, 6) is 0.836. The summed E-state index contributed by atoms with van der Waals surface area (Å²) in [6.07, 6.45) is 3.43. The number of hydrogen-bond acceptors (Lipinski definition) is 4. The number of amides is 1. The third-order valence-corrected chi connectivity index (χ3v) is 5.48. The van der Waals surface area contributed by atoms with Crippen LogP contribution in [0.5, 0.6) is 0 Å². The van der Waals surface area contributed by atoms with E-state index in [-0.39, 0.29) is 17.6 Å². The standard InChI is InChI=1S/C24H25FN4O/c1-16-8-9-21(17(2)13-16)27-24(30)19-6-4-12-29(15-19)22-10-11-26-23(28-22)18-5-3-7-20(25)14-18/h3,5,7-11,13-14,19H,4,6,12,15H2,1-2H3,(H,27,30). The minimum atomic E-state index is -0.317. The van der Waals surface area contributed by atoms with Crippen LogP contribution in [0.4, 0.5) is 15.9 Å². The van der Waals surface area contributed by atoms with Gasteiger partial charge in [-0.05, 0) is 56.5 Å². The van der Waals surface area contributed by atoms with Gasteiger partial charge in [0.05, 0.1) is 5.92 Å². The van der Waals surface area contributed by atoms with E-state index in [0.717, 1.165) is 36.5 Å². The third kappa shape index (κ3) is 4.48. The van der Waals surface area contributed by atoms with Crippen molar-refractivity contribution in [2.75, 3.05) is 23.3 Å². The summed E-state index contributed by atoms with van der Waals surface area (Å²) in [6.45, 7) is 5.46. The summed E-state index contributed by atoms with van der Waals surface area (Å²) in [7, 11) is 0. The number of carbonyl (C=O) groups is 1. The maximum Gasteiger partial charge on any atom is 0.229 e. The Morgan fingerprint density at radius 2 is 2.03 bits per heavy atom. The van der Waals surface area contributed by atoms with Gasteiger partial charge in [0.2, 0.25) is 5.91 Å². The highest BCUT2D eigenvalue weighted by atomic mass is 19.1. The van der Waals surface area contributed by atoms with Gasteiger partial charge in [0.25, 0.3) is 0 Å². The Balaban J connectivity index is 1.48. The van der Waals surface area contributed by atoms with E-state index in [0.29, 0.717) is 17.9 Å². The van der Waals surface area contributed by atoms with Gasteiger partial charge < -0.3 is 10.2 Å². The summed E-state index contributed by atoms with van der Waals surface area (Å²) in [6, 6.07) is 14.1. The molecule has 154 valence electrons. The number of carbonyl (C=O) groups excluding carboxylic acids is 1. The van der Waals surface area contributed by atoms with Crippen LogP contribution in [0.3, 0.4) is 0 Å². The van der Waals surface area contributed by atoms with Crippen molar-refractivity contribution in [1.82, 2.24) is 9.97 Å². The zero-order valence-electron chi connectivity index (χ0n) is 17.2. The number of anilines is 2. The van der Waals surface area contributed by atoms with Gasteiger partial charge in [-0.15, -0.1) is 0 Å². The van der Waals surface area contributed by atoms with Crippen molar-refractivity contribution in [3.63, 3.8) is 0 Å². The van der Waals surface area contributed by atoms with Gasteiger partial charge in [-0.25, -0.2) is 14.4 Å². The number of aromatic nitrogens is 2. The molecule has 5 nitrogen and oxygen atoms in total. The highest BCUT2D eigenvalue weighted by Crippen LogP contribution is 2.25. The number of aryl methyl sites for hydroxylation is 2. The lowest BCUT2D eigenvalue weighted by atomic mass is 9.96. The van der Waals surface area contributed by atoms with Crippen molar-refractivity contribution in [3.05, 3.63) is 71.7 Å². The lowest BCUT2D eigenvalue weighted by Gasteiger charge is -2.33. The molecule has 2 heterocycles. The fraction of sp³-hybridized carbons (Fsp3) is 0.292. The molecule has 1 aliphatic heterocycles. The van der Waals surface area contributed by atoms with Crippen LogP contribution in [0.2, 0.25) is 0 Å². The molecule has 1 aliphatic rings. The molecule has 0 radical (unpaired) electrons. The largest absolute Gasteiger partial charge is 0.356 e. The average molecular weight is 404 g/mol. The number of nitrogens with zero attached hydrogens (tertiary/aromatic N) is 3. The summed E-state index contributed by atoms with van der Waals surface area (Å²) in [5.41, 5.74) is 3.73. The first-order chi connectivity index (χ1) is 14.5. The number of halogens is 1. The van der Waals surface area contributed by atoms with Crippen LogP contribution in [0.1, 0.15) is 24.0 Å². The topological polar surface area (TPSA) is 58.1 Å². The van der Waals surface area contributed by atoms with E-state index in [4.69, 9.17) is 0 Å². The maximum absolute atomic E-state index is 13.6. The van der Waals surface area contributed by atoms with Crippen LogP contribution in [-0.4, -0.2) is 29.0 Å². The smallest absolute Gasteiger partial charge is 0.229 e. The second-order valence-corrected chi connectivity index (χ2v) is 7.84. The van der Waals surface area contributed by atoms with Crippen LogP contribution >= 0.6 is 0 Å². The van der Waals surface area contributed by atoms with Gasteiger partial charge in [0.1, 0.15) is 11.6 Å². The Hall–Kier alpha value is -3.28. The summed E-state index contributed by atoms with van der Waals surface area (Å²) in [4.78, 5) is 23.9. The van der Waals surface area contributed by atoms with Crippen LogP contribution in [0.25, 0.3) is 11.4 Å². The Morgan fingerprint density at radius 1 is 1.17 bits per heavy atom. The van der Waals surface area contributed by atoms with Gasteiger partial charge in [-0.2, -0.15) is 0 Å². The fourth-order valence-electron chi connectivity index (χ4n) is 3.88. The van der Waals surface area contributed by atoms with Crippen molar-refractivity contribution in [2.24, 2.45) is 5.92 Å². The number of benzene rings is 2. The predicted molar refractivity (Wildman–Crippen MR) is 117 cm³/mol. The summed E-state index contributed by atoms with van der Waals surface area (Å²) >= 11 is 0. The highest BCUT2D eigenvalue weighted by Gasteiger charge is 2.27. The second kappa shape index (κ2) is 8.61. The Bertz CT molecular complexity index is 1070. The molecule has 1 amide bonds. The molecule has 0 spiro atoms. The normalized spacial score (nSPS) is 16.4. The van der Waals surface area contributed by atoms with E-state index in [1.807, 2.05) is 32.0 Å². The zero-order valence-corrected chi connectivity index (χ0v) is 17.2. The molecule has 0 aliphatic carbocycles. The molecular weight excluding hydrogens is 379 g/mol. The quantitative estimate of drug-likeness (QED) is 0.681. The van der Waals surface area contributed by atoms with Gasteiger partial charge >= 0.3 is 0 Å². The predicted octanol–water partition coefficient (Wildman–Crippen LogP) is 4.75. The number of nitrogens with one attached hydrogen (secondary N) is 1. The van der Waals surface area contributed by atoms with Gasteiger partial charge in [0, 0.05) is 30.5 Å². The van der Waals surface area contributed by atoms with Crippen molar-refractivity contribution < 1.29 is 9.18 Å². The molecule has 0 saturated carbocycles. The van der Waals surface area contributed by atoms with Crippen LogP contribution < -0.4 is 10.2 Å². The Labute approximate surface area is 176 Å². The summed E-state index contributed by atoms with van der Waals surface area (Å²) < 4.78 is 13.6. The van der Waals surface area contributed by atoms with Crippen molar-refractivity contribution in [1.29, 1.82) is 0 Å². The fourth-order valence-corrected chi connectivity index (χ4v) is 3.88. The second-order valence-electron chi connectivity index (χ2n) is 7.84. The maximum atomic E-state index is 13.6. The monoisotopic (exact) mass is 404 g/mol. The molecule has 1 saturated heterocycles. The molecule has 1 unspecified atom stereocenters. The van der Waals surface area contributed by atoms with Gasteiger partial charge in [-0.3, -0.25) is 4.79 Å². The Morgan fingerprint density at radius 3 is 2.83 bits per heavy atom. The zero-order chi connectivity index (χ0) is 21.1. The number of rotatable bonds is 4. The third-order valence-electron chi connectivity index (χ3n) is 5.48. The lowest BCUT2D eigenvalue weighted by Crippen LogP contribution is -2.41. The van der Waals surface area contributed by atoms with Crippen LogP contribution in [0, 0.1) is 25.6 Å². The lowest BCUT2D eigenvalue weighted by molar-refractivity contribution is -0.120. The van der Waals surface area contributed by atoms with E-state index >= 15 is 0 Å². The molecule has 2 aromatic carbocycles. The van der Waals surface area contributed by atoms with Gasteiger partial charge in [0.15, 0.2) is 5.82 Å². The molecule has 6 heteroatoms. The minimum absolute atomic E-state index is 0.0334. The first-order valence-corrected chi connectivity index (χ1v) is 10.2. The molecule has 30 heavy (non-hydrogen) atoms. The van der Waals surface area contributed by atoms with Crippen LogP contribution in [0.15, 0.2) is 54.7 Å². The Kier molecular flexibility index (Phi) is 5.74. The highest BCUT2D eigenvalue weighted by molar-refractivity contribution is 5.93. The number of piperidine rings is 1. The molecule has 0 bridgehead atoms. The number of hydrogen-bond donors (Lipinski definition) is 1. The first kappa shape index (κ1) is 20.0. The molecule has 1 atom stereocenters. The van der Waals surface area contributed by atoms with Gasteiger partial charge in [-0.1, -0.05) is 29.8 Å². The molecule has 3 aromatic rings.